The number of aromatic amines is 1. The van der Waals surface area contributed by atoms with Crippen molar-refractivity contribution < 1.29 is 8.42 Å². The fraction of sp³-hybridized carbons (Fsp3) is 0.536. The minimum atomic E-state index is -3.03. The van der Waals surface area contributed by atoms with Crippen LogP contribution in [0.4, 0.5) is 5.82 Å². The molecule has 1 saturated heterocycles. The van der Waals surface area contributed by atoms with Crippen molar-refractivity contribution in [2.45, 2.75) is 70.1 Å². The number of fused-ring (bicyclic) bond motifs is 2. The van der Waals surface area contributed by atoms with Gasteiger partial charge in [-0.3, -0.25) is 0 Å². The molecule has 38 heavy (non-hydrogen) atoms. The van der Waals surface area contributed by atoms with E-state index >= 15 is 0 Å². The zero-order valence-corrected chi connectivity index (χ0v) is 23.7. The molecule has 202 valence electrons. The molecule has 2 fully saturated rings. The quantitative estimate of drug-likeness (QED) is 0.366. The third kappa shape index (κ3) is 4.18. The monoisotopic (exact) mass is 535 g/mol. The predicted octanol–water partition coefficient (Wildman–Crippen LogP) is 4.15. The van der Waals surface area contributed by atoms with Crippen molar-refractivity contribution in [1.82, 2.24) is 29.9 Å². The van der Waals surface area contributed by atoms with Gasteiger partial charge in [-0.15, -0.1) is 0 Å². The van der Waals surface area contributed by atoms with Crippen LogP contribution in [0.5, 0.6) is 0 Å². The highest BCUT2D eigenvalue weighted by Crippen LogP contribution is 2.43. The smallest absolute Gasteiger partial charge is 0.158 e. The van der Waals surface area contributed by atoms with E-state index in [0.29, 0.717) is 6.54 Å². The lowest BCUT2D eigenvalue weighted by molar-refractivity contribution is 0.416. The van der Waals surface area contributed by atoms with Crippen molar-refractivity contribution in [3.8, 4) is 11.3 Å². The summed E-state index contributed by atoms with van der Waals surface area (Å²) in [7, 11) is -3.03. The van der Waals surface area contributed by atoms with Crippen molar-refractivity contribution >= 4 is 32.3 Å². The number of sulfone groups is 1. The maximum absolute atomic E-state index is 12.2. The Morgan fingerprint density at radius 3 is 2.71 bits per heavy atom. The topological polar surface area (TPSA) is 108 Å². The summed E-state index contributed by atoms with van der Waals surface area (Å²) in [5.41, 5.74) is 8.64. The normalized spacial score (nSPS) is 19.6. The summed E-state index contributed by atoms with van der Waals surface area (Å²) in [6.45, 7) is 11.0. The molecular weight excluding hydrogens is 498 g/mol. The fourth-order valence-electron chi connectivity index (χ4n) is 5.98. The first-order valence-corrected chi connectivity index (χ1v) is 15.5. The Kier molecular flexibility index (Phi) is 6.03. The molecule has 4 aromatic heterocycles. The van der Waals surface area contributed by atoms with Crippen molar-refractivity contribution in [3.05, 3.63) is 41.3 Å². The molecule has 9 nitrogen and oxygen atoms in total. The molecule has 10 heteroatoms. The van der Waals surface area contributed by atoms with Crippen LogP contribution in [0.2, 0.25) is 0 Å². The summed E-state index contributed by atoms with van der Waals surface area (Å²) in [6.07, 6.45) is 8.67. The van der Waals surface area contributed by atoms with Gasteiger partial charge in [0.05, 0.1) is 21.5 Å². The Labute approximate surface area is 224 Å². The maximum atomic E-state index is 12.2. The van der Waals surface area contributed by atoms with Crippen LogP contribution in [0.25, 0.3) is 27.9 Å². The highest BCUT2D eigenvalue weighted by Gasteiger charge is 2.51. The Morgan fingerprint density at radius 1 is 1.21 bits per heavy atom. The molecule has 0 radical (unpaired) electrons. The van der Waals surface area contributed by atoms with Crippen LogP contribution in [-0.2, 0) is 9.84 Å². The van der Waals surface area contributed by atoms with Gasteiger partial charge in [0.2, 0.25) is 0 Å². The minimum Gasteiger partial charge on any atom is -0.355 e. The lowest BCUT2D eigenvalue weighted by Gasteiger charge is -2.35. The van der Waals surface area contributed by atoms with Crippen LogP contribution in [0.1, 0.15) is 62.1 Å². The molecule has 1 aliphatic carbocycles. The van der Waals surface area contributed by atoms with Crippen LogP contribution in [0.15, 0.2) is 24.7 Å². The average Bonchev–Trinajstić information content (AvgIpc) is 3.38. The lowest BCUT2D eigenvalue weighted by atomic mass is 9.95. The maximum Gasteiger partial charge on any atom is 0.158 e. The number of nitrogens with one attached hydrogen (secondary N) is 2. The number of rotatable bonds is 7. The van der Waals surface area contributed by atoms with E-state index in [9.17, 15) is 8.42 Å². The molecule has 1 unspecified atom stereocenters. The highest BCUT2D eigenvalue weighted by atomic mass is 32.2. The molecule has 2 aliphatic rings. The molecule has 0 aromatic carbocycles. The third-order valence-electron chi connectivity index (χ3n) is 8.69. The number of aryl methyl sites for hydroxylation is 1. The van der Waals surface area contributed by atoms with Crippen LogP contribution in [0, 0.1) is 13.8 Å². The lowest BCUT2D eigenvalue weighted by Crippen LogP contribution is -2.49. The third-order valence-corrected chi connectivity index (χ3v) is 10.8. The summed E-state index contributed by atoms with van der Waals surface area (Å²) in [5, 5.41) is 7.97. The Balaban J connectivity index is 1.32. The van der Waals surface area contributed by atoms with Gasteiger partial charge < -0.3 is 15.2 Å². The standard InChI is InChI=1S/C28H37N7O2S/c1-17(2)24-25(21-14-35-27(30-16-31-35)19(4)18(21)3)32-22-8-9-23(33-26(22)24)34-12-6-7-20(13-34)29-15-28(10-11-28)38(5,36)37/h8-9,14,16-17,20,29,32H,6-7,10-13,15H2,1-5H3. The number of anilines is 1. The largest absolute Gasteiger partial charge is 0.355 e. The fourth-order valence-corrected chi connectivity index (χ4v) is 7.17. The molecule has 5 heterocycles. The van der Waals surface area contributed by atoms with E-state index in [1.807, 2.05) is 4.52 Å². The van der Waals surface area contributed by atoms with Gasteiger partial charge in [0.1, 0.15) is 12.1 Å². The van der Waals surface area contributed by atoms with Crippen LogP contribution in [0.3, 0.4) is 0 Å². The number of pyridine rings is 2. The molecule has 0 amide bonds. The number of nitrogens with zero attached hydrogens (tertiary/aromatic N) is 5. The average molecular weight is 536 g/mol. The molecule has 2 N–H and O–H groups in total. The van der Waals surface area contributed by atoms with E-state index < -0.39 is 14.6 Å². The van der Waals surface area contributed by atoms with E-state index in [1.165, 1.54) is 17.4 Å². The zero-order chi connectivity index (χ0) is 26.8. The zero-order valence-electron chi connectivity index (χ0n) is 22.9. The predicted molar refractivity (Wildman–Crippen MR) is 152 cm³/mol. The molecule has 1 atom stereocenters. The van der Waals surface area contributed by atoms with Crippen molar-refractivity contribution in [1.29, 1.82) is 0 Å². The second-order valence-electron chi connectivity index (χ2n) is 11.6. The van der Waals surface area contributed by atoms with Crippen molar-refractivity contribution in [2.24, 2.45) is 0 Å². The molecule has 1 saturated carbocycles. The first-order valence-electron chi connectivity index (χ1n) is 13.6. The number of piperidine rings is 1. The SMILES string of the molecule is Cc1c(-c2[nH]c3ccc(N4CCCC(NCC5(S(C)(=O)=O)CC5)C4)nc3c2C(C)C)cn2ncnc2c1C. The molecule has 0 spiro atoms. The summed E-state index contributed by atoms with van der Waals surface area (Å²) in [4.78, 5) is 15.6. The van der Waals surface area contributed by atoms with Gasteiger partial charge in [-0.25, -0.2) is 22.9 Å². The summed E-state index contributed by atoms with van der Waals surface area (Å²) >= 11 is 0. The summed E-state index contributed by atoms with van der Waals surface area (Å²) < 4.78 is 25.7. The summed E-state index contributed by atoms with van der Waals surface area (Å²) in [6, 6.07) is 4.50. The minimum absolute atomic E-state index is 0.256. The van der Waals surface area contributed by atoms with Gasteiger partial charge in [-0.05, 0) is 68.7 Å². The van der Waals surface area contributed by atoms with Crippen LogP contribution >= 0.6 is 0 Å². The molecule has 0 bridgehead atoms. The molecule has 6 rings (SSSR count). The van der Waals surface area contributed by atoms with Crippen LogP contribution < -0.4 is 10.2 Å². The van der Waals surface area contributed by atoms with Crippen LogP contribution in [-0.4, -0.2) is 69.7 Å². The van der Waals surface area contributed by atoms with E-state index in [2.05, 4.69) is 71.3 Å². The van der Waals surface area contributed by atoms with Gasteiger partial charge >= 0.3 is 0 Å². The number of aromatic nitrogens is 5. The first kappa shape index (κ1) is 25.3. The van der Waals surface area contributed by atoms with Gasteiger partial charge in [-0.1, -0.05) is 13.8 Å². The second kappa shape index (κ2) is 9.05. The Morgan fingerprint density at radius 2 is 2.00 bits per heavy atom. The Hall–Kier alpha value is -2.98. The highest BCUT2D eigenvalue weighted by molar-refractivity contribution is 7.92. The molecule has 1 aliphatic heterocycles. The number of hydrogen-bond acceptors (Lipinski definition) is 7. The van der Waals surface area contributed by atoms with E-state index in [-0.39, 0.29) is 12.0 Å². The first-order chi connectivity index (χ1) is 18.1. The number of H-pyrrole nitrogens is 1. The van der Waals surface area contributed by atoms with Gasteiger partial charge in [-0.2, -0.15) is 5.10 Å². The van der Waals surface area contributed by atoms with E-state index in [1.54, 1.807) is 6.33 Å². The molecular formula is C28H37N7O2S. The Bertz CT molecular complexity index is 1630. The van der Waals surface area contributed by atoms with Crippen molar-refractivity contribution in [2.75, 3.05) is 30.8 Å². The number of hydrogen-bond donors (Lipinski definition) is 2. The van der Waals surface area contributed by atoms with E-state index in [4.69, 9.17) is 4.98 Å². The summed E-state index contributed by atoms with van der Waals surface area (Å²) in [5.74, 6) is 1.24. The van der Waals surface area contributed by atoms with Gasteiger partial charge in [0.25, 0.3) is 0 Å². The van der Waals surface area contributed by atoms with Gasteiger partial charge in [0, 0.05) is 49.3 Å². The van der Waals surface area contributed by atoms with Crippen molar-refractivity contribution in [3.63, 3.8) is 0 Å². The van der Waals surface area contributed by atoms with E-state index in [0.717, 1.165) is 78.1 Å². The van der Waals surface area contributed by atoms with Gasteiger partial charge in [0.15, 0.2) is 15.5 Å². The molecule has 4 aromatic rings. The second-order valence-corrected chi connectivity index (χ2v) is 14.0.